The second-order valence-electron chi connectivity index (χ2n) is 8.63. The van der Waals surface area contributed by atoms with E-state index < -0.39 is 0 Å². The van der Waals surface area contributed by atoms with Crippen molar-refractivity contribution in [3.05, 3.63) is 107 Å². The summed E-state index contributed by atoms with van der Waals surface area (Å²) in [4.78, 5) is 20.3. The van der Waals surface area contributed by atoms with Gasteiger partial charge < -0.3 is 9.47 Å². The van der Waals surface area contributed by atoms with Gasteiger partial charge in [-0.05, 0) is 70.4 Å². The minimum atomic E-state index is -0.0308. The molecule has 1 aliphatic heterocycles. The number of amidine groups is 1. The maximum atomic E-state index is 13.2. The number of rotatable bonds is 8. The molecule has 0 N–H and O–H groups in total. The van der Waals surface area contributed by atoms with Gasteiger partial charge in [0.1, 0.15) is 6.61 Å². The lowest BCUT2D eigenvalue weighted by Gasteiger charge is -2.14. The molecule has 1 aliphatic rings. The highest BCUT2D eigenvalue weighted by atomic mass is 32.2. The largest absolute Gasteiger partial charge is 0.493 e. The first-order valence-electron chi connectivity index (χ1n) is 12.3. The van der Waals surface area contributed by atoms with E-state index >= 15 is 0 Å². The van der Waals surface area contributed by atoms with Crippen molar-refractivity contribution in [2.45, 2.75) is 20.0 Å². The summed E-state index contributed by atoms with van der Waals surface area (Å²) in [7, 11) is 1.63. The molecule has 0 bridgehead atoms. The predicted octanol–water partition coefficient (Wildman–Crippen LogP) is 7.44. The molecule has 1 saturated heterocycles. The van der Waals surface area contributed by atoms with Crippen LogP contribution >= 0.6 is 11.8 Å². The summed E-state index contributed by atoms with van der Waals surface area (Å²) in [6, 6.07) is 29.9. The number of methoxy groups -OCH3 is 1. The Kier molecular flexibility index (Phi) is 7.57. The maximum absolute atomic E-state index is 13.2. The molecule has 4 aromatic rings. The number of fused-ring (bicyclic) bond motifs is 1. The number of benzene rings is 4. The lowest BCUT2D eigenvalue weighted by molar-refractivity contribution is -0.122. The Labute approximate surface area is 221 Å². The van der Waals surface area contributed by atoms with Crippen molar-refractivity contribution in [3.8, 4) is 11.5 Å². The quantitative estimate of drug-likeness (QED) is 0.232. The average Bonchev–Trinajstić information content (AvgIpc) is 3.21. The Bertz CT molecular complexity index is 1480. The third kappa shape index (κ3) is 5.54. The van der Waals surface area contributed by atoms with Gasteiger partial charge in [0.25, 0.3) is 5.91 Å². The van der Waals surface area contributed by atoms with E-state index in [1.54, 1.807) is 12.0 Å². The number of carbonyl (C=O) groups excluding carboxylic acids is 1. The van der Waals surface area contributed by atoms with Crippen LogP contribution in [0, 0.1) is 0 Å². The van der Waals surface area contributed by atoms with Gasteiger partial charge in [0.15, 0.2) is 16.7 Å². The van der Waals surface area contributed by atoms with Crippen LogP contribution in [-0.2, 0) is 11.4 Å². The number of para-hydroxylation sites is 1. The van der Waals surface area contributed by atoms with Crippen molar-refractivity contribution in [2.75, 3.05) is 13.7 Å². The highest BCUT2D eigenvalue weighted by Gasteiger charge is 2.32. The van der Waals surface area contributed by atoms with Gasteiger partial charge in [-0.15, -0.1) is 0 Å². The summed E-state index contributed by atoms with van der Waals surface area (Å²) < 4.78 is 11.8. The first kappa shape index (κ1) is 24.7. The van der Waals surface area contributed by atoms with E-state index in [2.05, 4.69) is 31.2 Å². The number of nitrogens with zero attached hydrogens (tertiary/aromatic N) is 2. The fraction of sp³-hybridized carbons (Fsp3) is 0.161. The SMILES string of the molecule is CCCN1C(=O)/C(=C\c2ccc(OCc3cccc4ccccc34)c(OC)c2)SC1=Nc1ccccc1. The summed E-state index contributed by atoms with van der Waals surface area (Å²) in [5.41, 5.74) is 2.80. The average molecular weight is 509 g/mol. The second-order valence-corrected chi connectivity index (χ2v) is 9.64. The summed E-state index contributed by atoms with van der Waals surface area (Å²) in [5, 5.41) is 3.06. The summed E-state index contributed by atoms with van der Waals surface area (Å²) in [5.74, 6) is 1.24. The highest BCUT2D eigenvalue weighted by Crippen LogP contribution is 2.36. The zero-order valence-corrected chi connectivity index (χ0v) is 21.7. The maximum Gasteiger partial charge on any atom is 0.266 e. The Morgan fingerprint density at radius 1 is 0.919 bits per heavy atom. The standard InChI is InChI=1S/C31H28N2O3S/c1-3-18-33-30(34)29(37-31(33)32-25-13-5-4-6-14-25)20-22-16-17-27(28(19-22)35-2)36-21-24-12-9-11-23-10-7-8-15-26(23)24/h4-17,19-20H,3,18,21H2,1-2H3/b29-20+,32-31?. The van der Waals surface area contributed by atoms with E-state index in [4.69, 9.17) is 14.5 Å². The van der Waals surface area contributed by atoms with E-state index in [0.29, 0.717) is 34.7 Å². The minimum absolute atomic E-state index is 0.0308. The molecule has 6 heteroatoms. The molecule has 5 rings (SSSR count). The molecule has 0 radical (unpaired) electrons. The molecule has 0 spiro atoms. The molecule has 1 heterocycles. The van der Waals surface area contributed by atoms with Crippen molar-refractivity contribution in [1.29, 1.82) is 0 Å². The molecule has 37 heavy (non-hydrogen) atoms. The number of amides is 1. The van der Waals surface area contributed by atoms with Crippen LogP contribution in [0.4, 0.5) is 5.69 Å². The van der Waals surface area contributed by atoms with Gasteiger partial charge in [0.2, 0.25) is 0 Å². The zero-order chi connectivity index (χ0) is 25.6. The Hall–Kier alpha value is -4.03. The van der Waals surface area contributed by atoms with E-state index in [1.165, 1.54) is 22.5 Å². The lowest BCUT2D eigenvalue weighted by atomic mass is 10.1. The van der Waals surface area contributed by atoms with Crippen LogP contribution in [0.25, 0.3) is 16.8 Å². The number of thioether (sulfide) groups is 1. The molecule has 5 nitrogen and oxygen atoms in total. The van der Waals surface area contributed by atoms with Crippen molar-refractivity contribution in [1.82, 2.24) is 4.90 Å². The molecule has 1 amide bonds. The fourth-order valence-corrected chi connectivity index (χ4v) is 5.27. The molecule has 0 aliphatic carbocycles. The molecule has 0 saturated carbocycles. The van der Waals surface area contributed by atoms with Gasteiger partial charge >= 0.3 is 0 Å². The molecule has 0 aromatic heterocycles. The summed E-state index contributed by atoms with van der Waals surface area (Å²) in [6.45, 7) is 3.11. The van der Waals surface area contributed by atoms with E-state index in [-0.39, 0.29) is 5.91 Å². The van der Waals surface area contributed by atoms with Crippen molar-refractivity contribution in [2.24, 2.45) is 4.99 Å². The summed E-state index contributed by atoms with van der Waals surface area (Å²) >= 11 is 1.40. The smallest absolute Gasteiger partial charge is 0.266 e. The number of carbonyl (C=O) groups is 1. The van der Waals surface area contributed by atoms with Crippen molar-refractivity contribution >= 4 is 45.4 Å². The van der Waals surface area contributed by atoms with E-state index in [9.17, 15) is 4.79 Å². The molecule has 0 atom stereocenters. The Morgan fingerprint density at radius 3 is 2.51 bits per heavy atom. The normalized spacial score (nSPS) is 15.6. The fourth-order valence-electron chi connectivity index (χ4n) is 4.24. The van der Waals surface area contributed by atoms with Crippen molar-refractivity contribution < 1.29 is 14.3 Å². The summed E-state index contributed by atoms with van der Waals surface area (Å²) in [6.07, 6.45) is 2.74. The zero-order valence-electron chi connectivity index (χ0n) is 20.9. The van der Waals surface area contributed by atoms with Crippen LogP contribution in [0.15, 0.2) is 101 Å². The molecule has 4 aromatic carbocycles. The number of ether oxygens (including phenoxy) is 2. The molecular formula is C31H28N2O3S. The van der Waals surface area contributed by atoms with Crippen LogP contribution in [-0.4, -0.2) is 29.6 Å². The molecule has 1 fully saturated rings. The Morgan fingerprint density at radius 2 is 1.70 bits per heavy atom. The third-order valence-corrected chi connectivity index (χ3v) is 7.07. The Balaban J connectivity index is 1.37. The first-order chi connectivity index (χ1) is 18.2. The molecule has 0 unspecified atom stereocenters. The van der Waals surface area contributed by atoms with Crippen LogP contribution < -0.4 is 9.47 Å². The van der Waals surface area contributed by atoms with Crippen LogP contribution in [0.1, 0.15) is 24.5 Å². The van der Waals surface area contributed by atoms with Crippen LogP contribution in [0.3, 0.4) is 0 Å². The second kappa shape index (κ2) is 11.4. The highest BCUT2D eigenvalue weighted by molar-refractivity contribution is 8.18. The molecular weight excluding hydrogens is 480 g/mol. The first-order valence-corrected chi connectivity index (χ1v) is 13.1. The minimum Gasteiger partial charge on any atom is -0.493 e. The number of hydrogen-bond donors (Lipinski definition) is 0. The monoisotopic (exact) mass is 508 g/mol. The van der Waals surface area contributed by atoms with Gasteiger partial charge in [0.05, 0.1) is 17.7 Å². The third-order valence-electron chi connectivity index (χ3n) is 6.06. The van der Waals surface area contributed by atoms with Gasteiger partial charge in [0, 0.05) is 6.54 Å². The molecule has 186 valence electrons. The van der Waals surface area contributed by atoms with Gasteiger partial charge in [-0.25, -0.2) is 4.99 Å². The van der Waals surface area contributed by atoms with Gasteiger partial charge in [-0.3, -0.25) is 9.69 Å². The number of hydrogen-bond acceptors (Lipinski definition) is 5. The topological polar surface area (TPSA) is 51.1 Å². The lowest BCUT2D eigenvalue weighted by Crippen LogP contribution is -2.29. The predicted molar refractivity (Wildman–Crippen MR) is 152 cm³/mol. The van der Waals surface area contributed by atoms with Crippen molar-refractivity contribution in [3.63, 3.8) is 0 Å². The number of aliphatic imine (C=N–C) groups is 1. The van der Waals surface area contributed by atoms with E-state index in [1.807, 2.05) is 72.8 Å². The van der Waals surface area contributed by atoms with E-state index in [0.717, 1.165) is 23.2 Å². The van der Waals surface area contributed by atoms with Crippen LogP contribution in [0.2, 0.25) is 0 Å². The van der Waals surface area contributed by atoms with Gasteiger partial charge in [-0.2, -0.15) is 0 Å². The van der Waals surface area contributed by atoms with Crippen LogP contribution in [0.5, 0.6) is 11.5 Å². The van der Waals surface area contributed by atoms with Gasteiger partial charge in [-0.1, -0.05) is 73.7 Å².